The molecule has 0 saturated carbocycles. The number of carbonyl (C=O) groups is 1. The number of non-ortho nitro benzene ring substituents is 1. The Morgan fingerprint density at radius 2 is 1.34 bits per heavy atom. The fourth-order valence-electron chi connectivity index (χ4n) is 4.00. The van der Waals surface area contributed by atoms with Gasteiger partial charge in [0.1, 0.15) is 0 Å². The summed E-state index contributed by atoms with van der Waals surface area (Å²) in [5.41, 5.74) is 5.39. The first kappa shape index (κ1) is 28.2. The molecule has 0 aromatic heterocycles. The number of nitro benzene ring substituents is 1. The summed E-state index contributed by atoms with van der Waals surface area (Å²) in [6, 6.07) is 20.3. The van der Waals surface area contributed by atoms with Crippen LogP contribution in [0.25, 0.3) is 10.6 Å². The van der Waals surface area contributed by atoms with E-state index in [9.17, 15) is 14.9 Å². The number of aliphatic imine (C=N–C) groups is 2. The number of fused-ring (bicyclic) bond motifs is 2. The first-order chi connectivity index (χ1) is 17.7. The second kappa shape index (κ2) is 12.3. The van der Waals surface area contributed by atoms with Gasteiger partial charge in [0.15, 0.2) is 5.78 Å². The molecule has 194 valence electrons. The van der Waals surface area contributed by atoms with Crippen LogP contribution >= 0.6 is 0 Å². The molecular formula is C29H25N5NiO3. The standard InChI is InChI=1S/C29H26N5O3.Ni/c1-18-17-19(2)31-25-10-6-8-12-27(25)33-21(4)28(20(3)32-26-11-7-5-9-24(26)30-18)29(35)22-13-15-23(16-14-22)34(36)37;/h5-17H,1-4H3,(H-,30,31,32,33,35);/q-1;+2/p-1. The summed E-state index contributed by atoms with van der Waals surface area (Å²) in [4.78, 5) is 33.8. The quantitative estimate of drug-likeness (QED) is 0.141. The minimum atomic E-state index is -0.501. The van der Waals surface area contributed by atoms with Gasteiger partial charge in [0.2, 0.25) is 0 Å². The molecule has 0 atom stereocenters. The van der Waals surface area contributed by atoms with Crippen molar-refractivity contribution in [1.29, 1.82) is 0 Å². The first-order valence-corrected chi connectivity index (χ1v) is 11.6. The predicted octanol–water partition coefficient (Wildman–Crippen LogP) is 8.56. The maximum Gasteiger partial charge on any atom is 2.00 e. The topological polar surface area (TPSA) is 113 Å². The fourth-order valence-corrected chi connectivity index (χ4v) is 4.00. The summed E-state index contributed by atoms with van der Waals surface area (Å²) in [6.45, 7) is 7.28. The number of nitro groups is 1. The van der Waals surface area contributed by atoms with Crippen LogP contribution in [-0.2, 0) is 16.5 Å². The Bertz CT molecular complexity index is 1500. The van der Waals surface area contributed by atoms with Crippen LogP contribution in [0.2, 0.25) is 0 Å². The van der Waals surface area contributed by atoms with Gasteiger partial charge in [0.05, 0.1) is 4.92 Å². The number of carbonyl (C=O) groups excluding carboxylic acids is 1. The second-order valence-corrected chi connectivity index (χ2v) is 8.53. The largest absolute Gasteiger partial charge is 2.00 e. The van der Waals surface area contributed by atoms with E-state index in [0.717, 1.165) is 11.4 Å². The molecule has 4 rings (SSSR count). The molecule has 0 bridgehead atoms. The summed E-state index contributed by atoms with van der Waals surface area (Å²) >= 11 is 0. The zero-order valence-electron chi connectivity index (χ0n) is 21.3. The number of Topliss-reactive ketones (excluding diaryl/α,β-unsaturated/α-hetero) is 1. The number of benzene rings is 3. The van der Waals surface area contributed by atoms with E-state index in [-0.39, 0.29) is 28.0 Å². The summed E-state index contributed by atoms with van der Waals surface area (Å²) in [7, 11) is 0. The minimum Gasteiger partial charge on any atom is -0.660 e. The van der Waals surface area contributed by atoms with Crippen LogP contribution in [0, 0.1) is 10.1 Å². The Morgan fingerprint density at radius 1 is 0.789 bits per heavy atom. The number of hydrogen-bond donors (Lipinski definition) is 0. The average Bonchev–Trinajstić information content (AvgIpc) is 2.86. The van der Waals surface area contributed by atoms with Gasteiger partial charge in [0, 0.05) is 46.1 Å². The van der Waals surface area contributed by atoms with E-state index in [0.29, 0.717) is 45.3 Å². The maximum atomic E-state index is 13.7. The zero-order valence-corrected chi connectivity index (χ0v) is 22.3. The second-order valence-electron chi connectivity index (χ2n) is 8.53. The predicted molar refractivity (Wildman–Crippen MR) is 148 cm³/mol. The zero-order chi connectivity index (χ0) is 26.5. The number of para-hydroxylation sites is 4. The van der Waals surface area contributed by atoms with Crippen molar-refractivity contribution in [3.05, 3.63) is 122 Å². The van der Waals surface area contributed by atoms with E-state index in [1.54, 1.807) is 13.8 Å². The van der Waals surface area contributed by atoms with Crippen LogP contribution < -0.4 is 0 Å². The summed E-state index contributed by atoms with van der Waals surface area (Å²) < 4.78 is 0. The molecular weight excluding hydrogens is 525 g/mol. The molecule has 0 spiro atoms. The van der Waals surface area contributed by atoms with Crippen molar-refractivity contribution in [1.82, 2.24) is 0 Å². The van der Waals surface area contributed by atoms with Gasteiger partial charge < -0.3 is 10.6 Å². The van der Waals surface area contributed by atoms with E-state index >= 15 is 0 Å². The van der Waals surface area contributed by atoms with E-state index in [1.165, 1.54) is 24.3 Å². The molecule has 0 saturated heterocycles. The van der Waals surface area contributed by atoms with Gasteiger partial charge in [-0.3, -0.25) is 24.9 Å². The molecule has 0 N–H and O–H groups in total. The van der Waals surface area contributed by atoms with Crippen molar-refractivity contribution < 1.29 is 26.2 Å². The monoisotopic (exact) mass is 549 g/mol. The van der Waals surface area contributed by atoms with E-state index in [1.807, 2.05) is 68.5 Å². The van der Waals surface area contributed by atoms with Crippen molar-refractivity contribution in [2.75, 3.05) is 0 Å². The number of nitrogens with zero attached hydrogens (tertiary/aromatic N) is 5. The summed E-state index contributed by atoms with van der Waals surface area (Å²) in [6.07, 6.45) is 1.89. The maximum absolute atomic E-state index is 13.7. The van der Waals surface area contributed by atoms with Crippen LogP contribution in [0.1, 0.15) is 38.1 Å². The Balaban J connectivity index is 0.00000400. The average molecular weight is 550 g/mol. The van der Waals surface area contributed by atoms with Gasteiger partial charge >= 0.3 is 16.5 Å². The third-order valence-corrected chi connectivity index (χ3v) is 5.64. The molecule has 9 heteroatoms. The Kier molecular flexibility index (Phi) is 9.10. The van der Waals surface area contributed by atoms with Crippen molar-refractivity contribution in [3.8, 4) is 0 Å². The summed E-state index contributed by atoms with van der Waals surface area (Å²) in [5, 5.41) is 20.6. The van der Waals surface area contributed by atoms with Crippen molar-refractivity contribution in [2.45, 2.75) is 27.7 Å². The molecule has 38 heavy (non-hydrogen) atoms. The van der Waals surface area contributed by atoms with Gasteiger partial charge in [-0.15, -0.1) is 17.1 Å². The Morgan fingerprint density at radius 3 is 1.95 bits per heavy atom. The molecule has 0 aliphatic carbocycles. The minimum absolute atomic E-state index is 0. The number of allylic oxidation sites excluding steroid dienone is 4. The molecule has 0 fully saturated rings. The molecule has 3 aromatic carbocycles. The molecule has 0 radical (unpaired) electrons. The molecule has 0 unspecified atom stereocenters. The van der Waals surface area contributed by atoms with Crippen LogP contribution in [-0.4, -0.2) is 22.1 Å². The van der Waals surface area contributed by atoms with Gasteiger partial charge in [-0.1, -0.05) is 56.3 Å². The molecule has 1 heterocycles. The molecule has 3 aromatic rings. The van der Waals surface area contributed by atoms with Gasteiger partial charge in [-0.25, -0.2) is 0 Å². The normalized spacial score (nSPS) is 16.9. The Hall–Kier alpha value is -4.36. The van der Waals surface area contributed by atoms with Crippen LogP contribution in [0.3, 0.4) is 0 Å². The van der Waals surface area contributed by atoms with Gasteiger partial charge in [-0.05, 0) is 38.1 Å². The van der Waals surface area contributed by atoms with E-state index < -0.39 is 4.92 Å². The number of ketones is 1. The SMILES string of the molecule is CC1=Nc2ccccc2[N-]/C(C)=C(/C(=O)c2ccc([N+](=O)[O-])cc2)C(C)=Nc2ccccc2[N-]/C(C)=C\1.[Ni+2]. The van der Waals surface area contributed by atoms with Crippen molar-refractivity contribution in [2.24, 2.45) is 9.98 Å². The molecule has 8 nitrogen and oxygen atoms in total. The van der Waals surface area contributed by atoms with Crippen LogP contribution in [0.15, 0.2) is 106 Å². The molecule has 1 aliphatic heterocycles. The first-order valence-electron chi connectivity index (χ1n) is 11.6. The smallest absolute Gasteiger partial charge is 0.660 e. The van der Waals surface area contributed by atoms with E-state index in [2.05, 4.69) is 0 Å². The molecule has 0 amide bonds. The number of hydrogen-bond acceptors (Lipinski definition) is 5. The van der Waals surface area contributed by atoms with Gasteiger partial charge in [-0.2, -0.15) is 5.70 Å². The van der Waals surface area contributed by atoms with E-state index in [4.69, 9.17) is 20.6 Å². The van der Waals surface area contributed by atoms with Crippen LogP contribution in [0.5, 0.6) is 0 Å². The molecule has 1 aliphatic rings. The van der Waals surface area contributed by atoms with Crippen molar-refractivity contribution in [3.63, 3.8) is 0 Å². The third-order valence-electron chi connectivity index (χ3n) is 5.64. The fraction of sp³-hybridized carbons (Fsp3) is 0.138. The van der Waals surface area contributed by atoms with Crippen molar-refractivity contribution >= 4 is 45.6 Å². The van der Waals surface area contributed by atoms with Gasteiger partial charge in [0.25, 0.3) is 5.69 Å². The summed E-state index contributed by atoms with van der Waals surface area (Å²) in [5.74, 6) is -0.341. The third kappa shape index (κ3) is 6.49. The van der Waals surface area contributed by atoms with Crippen LogP contribution in [0.4, 0.5) is 28.4 Å². The number of rotatable bonds is 3. The Labute approximate surface area is 231 Å².